The van der Waals surface area contributed by atoms with Crippen LogP contribution >= 0.6 is 11.6 Å². The summed E-state index contributed by atoms with van der Waals surface area (Å²) in [7, 11) is 0. The van der Waals surface area contributed by atoms with E-state index in [0.717, 1.165) is 0 Å². The van der Waals surface area contributed by atoms with Crippen molar-refractivity contribution in [2.45, 2.75) is 13.0 Å². The van der Waals surface area contributed by atoms with E-state index in [1.54, 1.807) is 79.7 Å². The van der Waals surface area contributed by atoms with Crippen molar-refractivity contribution in [2.24, 2.45) is 0 Å². The van der Waals surface area contributed by atoms with E-state index in [1.807, 2.05) is 6.07 Å². The highest BCUT2D eigenvalue weighted by molar-refractivity contribution is 6.30. The normalized spacial score (nSPS) is 11.6. The first-order valence-electron chi connectivity index (χ1n) is 11.6. The molecule has 2 N–H and O–H groups in total. The summed E-state index contributed by atoms with van der Waals surface area (Å²) >= 11 is 6.15. The van der Waals surface area contributed by atoms with Crippen LogP contribution in [0.1, 0.15) is 34.5 Å². The Morgan fingerprint density at radius 2 is 1.82 bits per heavy atom. The molecule has 3 aromatic carbocycles. The van der Waals surface area contributed by atoms with Gasteiger partial charge in [-0.05, 0) is 71.5 Å². The van der Waals surface area contributed by atoms with Gasteiger partial charge < -0.3 is 15.4 Å². The summed E-state index contributed by atoms with van der Waals surface area (Å²) in [5.74, 6) is -1.41. The Labute approximate surface area is 223 Å². The molecule has 0 bridgehead atoms. The molecule has 4 aromatic rings. The summed E-state index contributed by atoms with van der Waals surface area (Å²) in [6.07, 6.45) is 4.29. The fraction of sp³-hybridized carbons (Fsp3) is 0.111. The number of aromatic nitrogens is 4. The molecule has 38 heavy (non-hydrogen) atoms. The fourth-order valence-electron chi connectivity index (χ4n) is 3.56. The lowest BCUT2D eigenvalue weighted by Crippen LogP contribution is -2.36. The number of carbonyl (C=O) groups excluding carboxylic acids is 3. The fourth-order valence-corrected chi connectivity index (χ4v) is 3.74. The summed E-state index contributed by atoms with van der Waals surface area (Å²) in [6.45, 7) is 1.99. The van der Waals surface area contributed by atoms with Crippen molar-refractivity contribution < 1.29 is 19.1 Å². The molecule has 1 heterocycles. The van der Waals surface area contributed by atoms with Gasteiger partial charge in [-0.25, -0.2) is 4.79 Å². The number of hydrogen-bond donors (Lipinski definition) is 2. The van der Waals surface area contributed by atoms with Crippen LogP contribution in [0.15, 0.2) is 85.2 Å². The maximum atomic E-state index is 13.2. The monoisotopic (exact) mass is 530 g/mol. The number of tetrazole rings is 1. The molecule has 1 atom stereocenters. The van der Waals surface area contributed by atoms with Gasteiger partial charge in [-0.15, -0.1) is 5.10 Å². The Bertz CT molecular complexity index is 1440. The van der Waals surface area contributed by atoms with Crippen LogP contribution in [-0.4, -0.2) is 44.6 Å². The number of anilines is 1. The molecule has 10 nitrogen and oxygen atoms in total. The topological polar surface area (TPSA) is 128 Å². The molecule has 11 heteroatoms. The number of halogens is 1. The number of amides is 2. The molecule has 0 saturated carbocycles. The third-order valence-corrected chi connectivity index (χ3v) is 5.58. The van der Waals surface area contributed by atoms with Crippen LogP contribution in [0.4, 0.5) is 5.69 Å². The van der Waals surface area contributed by atoms with Crippen molar-refractivity contribution in [3.8, 4) is 5.69 Å². The summed E-state index contributed by atoms with van der Waals surface area (Å²) in [5, 5.41) is 17.1. The number of rotatable bonds is 9. The number of nitrogens with zero attached hydrogens (tertiary/aromatic N) is 4. The Morgan fingerprint density at radius 1 is 1.05 bits per heavy atom. The number of hydrogen-bond acceptors (Lipinski definition) is 7. The molecule has 1 aromatic heterocycles. The SMILES string of the molecule is CCOC(=O)c1ccc(NC(=O)C(NC(=O)/C=C/c2cc(Cl)ccc2-n2cnnn2)c2ccccc2)cc1. The van der Waals surface area contributed by atoms with Crippen molar-refractivity contribution >= 4 is 41.1 Å². The average Bonchev–Trinajstić information content (AvgIpc) is 3.46. The van der Waals surface area contributed by atoms with Gasteiger partial charge in [-0.1, -0.05) is 41.9 Å². The van der Waals surface area contributed by atoms with E-state index < -0.39 is 23.8 Å². The van der Waals surface area contributed by atoms with Gasteiger partial charge in [0.2, 0.25) is 5.91 Å². The molecule has 0 fully saturated rings. The molecule has 192 valence electrons. The van der Waals surface area contributed by atoms with Crippen LogP contribution < -0.4 is 10.6 Å². The molecule has 1 unspecified atom stereocenters. The second kappa shape index (κ2) is 12.4. The van der Waals surface area contributed by atoms with Crippen LogP contribution in [0, 0.1) is 0 Å². The van der Waals surface area contributed by atoms with E-state index in [4.69, 9.17) is 16.3 Å². The highest BCUT2D eigenvalue weighted by Crippen LogP contribution is 2.21. The second-order valence-corrected chi connectivity index (χ2v) is 8.37. The van der Waals surface area contributed by atoms with Gasteiger partial charge in [0.1, 0.15) is 12.4 Å². The van der Waals surface area contributed by atoms with Crippen molar-refractivity contribution in [3.05, 3.63) is 107 Å². The van der Waals surface area contributed by atoms with Gasteiger partial charge in [0.25, 0.3) is 5.91 Å². The third kappa shape index (κ3) is 6.68. The zero-order chi connectivity index (χ0) is 26.9. The molecule has 4 rings (SSSR count). The minimum atomic E-state index is -0.989. The van der Waals surface area contributed by atoms with Crippen molar-refractivity contribution in [2.75, 3.05) is 11.9 Å². The molecule has 0 aliphatic rings. The molecular formula is C27H23ClN6O4. The number of ether oxygens (including phenoxy) is 1. The predicted molar refractivity (Wildman–Crippen MR) is 142 cm³/mol. The maximum Gasteiger partial charge on any atom is 0.338 e. The number of esters is 1. The molecule has 0 saturated heterocycles. The Kier molecular flexibility index (Phi) is 8.57. The number of nitrogens with one attached hydrogen (secondary N) is 2. The van der Waals surface area contributed by atoms with E-state index in [-0.39, 0.29) is 6.61 Å². The molecule has 0 spiro atoms. The number of carbonyl (C=O) groups is 3. The first kappa shape index (κ1) is 26.2. The minimum Gasteiger partial charge on any atom is -0.462 e. The molecule has 2 amide bonds. The van der Waals surface area contributed by atoms with Crippen molar-refractivity contribution in [1.29, 1.82) is 0 Å². The zero-order valence-electron chi connectivity index (χ0n) is 20.2. The van der Waals surface area contributed by atoms with Gasteiger partial charge >= 0.3 is 5.97 Å². The molecule has 0 radical (unpaired) electrons. The van der Waals surface area contributed by atoms with E-state index in [2.05, 4.69) is 26.2 Å². The average molecular weight is 531 g/mol. The van der Waals surface area contributed by atoms with Crippen molar-refractivity contribution in [1.82, 2.24) is 25.5 Å². The van der Waals surface area contributed by atoms with Crippen LogP contribution in [0.2, 0.25) is 5.02 Å². The van der Waals surface area contributed by atoms with E-state index in [9.17, 15) is 14.4 Å². The summed E-state index contributed by atoms with van der Waals surface area (Å²) < 4.78 is 6.43. The lowest BCUT2D eigenvalue weighted by molar-refractivity contribution is -0.123. The summed E-state index contributed by atoms with van der Waals surface area (Å²) in [5.41, 5.74) is 2.63. The summed E-state index contributed by atoms with van der Waals surface area (Å²) in [6, 6.07) is 19.2. The minimum absolute atomic E-state index is 0.264. The highest BCUT2D eigenvalue weighted by Gasteiger charge is 2.22. The van der Waals surface area contributed by atoms with Gasteiger partial charge in [0.05, 0.1) is 17.9 Å². The first-order chi connectivity index (χ1) is 18.4. The first-order valence-corrected chi connectivity index (χ1v) is 12.0. The van der Waals surface area contributed by atoms with Crippen LogP contribution in [0.5, 0.6) is 0 Å². The van der Waals surface area contributed by atoms with Crippen molar-refractivity contribution in [3.63, 3.8) is 0 Å². The Hall–Kier alpha value is -4.83. The predicted octanol–water partition coefficient (Wildman–Crippen LogP) is 4.00. The standard InChI is InChI=1S/C27H23ClN6O4/c1-2-38-27(37)19-8-12-22(13-9-19)30-26(36)25(18-6-4-3-5-7-18)31-24(35)15-10-20-16-21(28)11-14-23(20)34-17-29-32-33-34/h3-17,25H,2H2,1H3,(H,30,36)(H,31,35)/b15-10+. The Morgan fingerprint density at radius 3 is 2.50 bits per heavy atom. The molecule has 0 aliphatic heterocycles. The highest BCUT2D eigenvalue weighted by atomic mass is 35.5. The Balaban J connectivity index is 1.51. The van der Waals surface area contributed by atoms with Gasteiger partial charge in [0, 0.05) is 22.3 Å². The van der Waals surface area contributed by atoms with E-state index in [1.165, 1.54) is 17.1 Å². The quantitative estimate of drug-likeness (QED) is 0.247. The van der Waals surface area contributed by atoms with Crippen LogP contribution in [-0.2, 0) is 14.3 Å². The lowest BCUT2D eigenvalue weighted by Gasteiger charge is -2.18. The largest absolute Gasteiger partial charge is 0.462 e. The van der Waals surface area contributed by atoms with Gasteiger partial charge in [0.15, 0.2) is 0 Å². The summed E-state index contributed by atoms with van der Waals surface area (Å²) in [4.78, 5) is 38.0. The second-order valence-electron chi connectivity index (χ2n) is 7.93. The van der Waals surface area contributed by atoms with Gasteiger partial charge in [-0.3, -0.25) is 9.59 Å². The molecule has 0 aliphatic carbocycles. The third-order valence-electron chi connectivity index (χ3n) is 5.34. The zero-order valence-corrected chi connectivity index (χ0v) is 21.0. The van der Waals surface area contributed by atoms with E-state index in [0.29, 0.717) is 33.1 Å². The number of benzene rings is 3. The van der Waals surface area contributed by atoms with Gasteiger partial charge in [-0.2, -0.15) is 4.68 Å². The lowest BCUT2D eigenvalue weighted by atomic mass is 10.1. The van der Waals surface area contributed by atoms with Crippen LogP contribution in [0.25, 0.3) is 11.8 Å². The van der Waals surface area contributed by atoms with E-state index >= 15 is 0 Å². The maximum absolute atomic E-state index is 13.2. The van der Waals surface area contributed by atoms with Crippen LogP contribution in [0.3, 0.4) is 0 Å². The smallest absolute Gasteiger partial charge is 0.338 e. The molecular weight excluding hydrogens is 508 g/mol.